The number of carbonyl (C=O) groups excluding carboxylic acids is 2. The van der Waals surface area contributed by atoms with Crippen molar-refractivity contribution in [1.29, 1.82) is 0 Å². The normalized spacial score (nSPS) is 17.9. The molecule has 6 heteroatoms. The number of carbonyl (C=O) groups is 2. The first-order valence-corrected chi connectivity index (χ1v) is 8.79. The van der Waals surface area contributed by atoms with Gasteiger partial charge in [0.15, 0.2) is 5.75 Å². The maximum atomic E-state index is 12.9. The molecule has 2 aromatic rings. The van der Waals surface area contributed by atoms with E-state index in [0.717, 1.165) is 5.56 Å². The second kappa shape index (κ2) is 6.79. The Hall–Kier alpha value is -3.28. The Labute approximate surface area is 156 Å². The lowest BCUT2D eigenvalue weighted by Crippen LogP contribution is -2.38. The zero-order valence-corrected chi connectivity index (χ0v) is 15.1. The summed E-state index contributed by atoms with van der Waals surface area (Å²) in [5, 5.41) is 0. The molecule has 2 aliphatic heterocycles. The number of methoxy groups -OCH3 is 1. The number of hydrogen-bond donors (Lipinski definition) is 0. The van der Waals surface area contributed by atoms with Crippen LogP contribution in [-0.4, -0.2) is 25.6 Å². The van der Waals surface area contributed by atoms with Crippen LogP contribution in [0.1, 0.15) is 24.8 Å². The predicted octanol–water partition coefficient (Wildman–Crippen LogP) is 3.38. The zero-order chi connectivity index (χ0) is 19.0. The third-order valence-electron chi connectivity index (χ3n) is 4.71. The second-order valence-electron chi connectivity index (χ2n) is 6.27. The van der Waals surface area contributed by atoms with E-state index < -0.39 is 11.9 Å². The number of anilines is 1. The SMILES string of the molecule is CCOC(=O)C1=C2Oc3ccccc3N2C(=O)C[C@@H]1c1cccc(OC)c1. The summed E-state index contributed by atoms with van der Waals surface area (Å²) in [7, 11) is 1.58. The molecule has 0 spiro atoms. The molecule has 2 heterocycles. The van der Waals surface area contributed by atoms with E-state index >= 15 is 0 Å². The quantitative estimate of drug-likeness (QED) is 0.777. The van der Waals surface area contributed by atoms with Gasteiger partial charge < -0.3 is 14.2 Å². The largest absolute Gasteiger partial charge is 0.497 e. The molecule has 0 aliphatic carbocycles. The van der Waals surface area contributed by atoms with Crippen LogP contribution in [0.2, 0.25) is 0 Å². The van der Waals surface area contributed by atoms with Crippen molar-refractivity contribution >= 4 is 17.6 Å². The van der Waals surface area contributed by atoms with Gasteiger partial charge in [0.05, 0.1) is 19.4 Å². The lowest BCUT2D eigenvalue weighted by Gasteiger charge is -2.30. The molecule has 0 unspecified atom stereocenters. The number of rotatable bonds is 4. The number of para-hydroxylation sites is 2. The first-order valence-electron chi connectivity index (χ1n) is 8.79. The van der Waals surface area contributed by atoms with E-state index in [4.69, 9.17) is 14.2 Å². The third-order valence-corrected chi connectivity index (χ3v) is 4.71. The van der Waals surface area contributed by atoms with Gasteiger partial charge >= 0.3 is 5.97 Å². The Kier molecular flexibility index (Phi) is 4.32. The van der Waals surface area contributed by atoms with Crippen LogP contribution < -0.4 is 14.4 Å². The molecule has 0 bridgehead atoms. The van der Waals surface area contributed by atoms with Crippen molar-refractivity contribution < 1.29 is 23.8 Å². The van der Waals surface area contributed by atoms with E-state index in [1.165, 1.54) is 4.90 Å². The number of nitrogens with zero attached hydrogens (tertiary/aromatic N) is 1. The molecule has 1 amide bonds. The highest BCUT2D eigenvalue weighted by molar-refractivity contribution is 6.06. The van der Waals surface area contributed by atoms with Crippen molar-refractivity contribution in [2.75, 3.05) is 18.6 Å². The van der Waals surface area contributed by atoms with E-state index in [-0.39, 0.29) is 24.8 Å². The molecule has 0 radical (unpaired) electrons. The smallest absolute Gasteiger partial charge is 0.340 e. The summed E-state index contributed by atoms with van der Waals surface area (Å²) in [5.41, 5.74) is 1.79. The van der Waals surface area contributed by atoms with Crippen LogP contribution in [0, 0.1) is 0 Å². The zero-order valence-electron chi connectivity index (χ0n) is 15.1. The fourth-order valence-electron chi connectivity index (χ4n) is 3.51. The molecule has 2 aliphatic rings. The summed E-state index contributed by atoms with van der Waals surface area (Å²) in [6.07, 6.45) is 0.141. The Balaban J connectivity index is 1.87. The average molecular weight is 365 g/mol. The summed E-state index contributed by atoms with van der Waals surface area (Å²) in [5.74, 6) is 0.368. The Morgan fingerprint density at radius 2 is 2.04 bits per heavy atom. The molecule has 2 aromatic carbocycles. The van der Waals surface area contributed by atoms with E-state index in [1.807, 2.05) is 36.4 Å². The number of fused-ring (bicyclic) bond motifs is 3. The molecule has 0 saturated heterocycles. The summed E-state index contributed by atoms with van der Waals surface area (Å²) in [6.45, 7) is 1.99. The van der Waals surface area contributed by atoms with Gasteiger partial charge in [-0.2, -0.15) is 0 Å². The number of amides is 1. The van der Waals surface area contributed by atoms with Crippen molar-refractivity contribution in [3.63, 3.8) is 0 Å². The highest BCUT2D eigenvalue weighted by Crippen LogP contribution is 2.47. The molecule has 1 atom stereocenters. The minimum absolute atomic E-state index is 0.129. The number of benzene rings is 2. The third kappa shape index (κ3) is 2.83. The van der Waals surface area contributed by atoms with Crippen molar-refractivity contribution in [3.05, 3.63) is 65.6 Å². The van der Waals surface area contributed by atoms with Gasteiger partial charge in [-0.1, -0.05) is 24.3 Å². The van der Waals surface area contributed by atoms with E-state index in [1.54, 1.807) is 26.2 Å². The molecule has 4 rings (SSSR count). The average Bonchev–Trinajstić information content (AvgIpc) is 3.07. The topological polar surface area (TPSA) is 65.1 Å². The molecule has 27 heavy (non-hydrogen) atoms. The monoisotopic (exact) mass is 365 g/mol. The first kappa shape index (κ1) is 17.1. The van der Waals surface area contributed by atoms with Gasteiger partial charge in [-0.05, 0) is 36.8 Å². The Bertz CT molecular complexity index is 949. The molecule has 0 N–H and O–H groups in total. The van der Waals surface area contributed by atoms with Crippen LogP contribution in [0.3, 0.4) is 0 Å². The highest BCUT2D eigenvalue weighted by atomic mass is 16.5. The van der Waals surface area contributed by atoms with Crippen LogP contribution in [-0.2, 0) is 14.3 Å². The van der Waals surface area contributed by atoms with Gasteiger partial charge in [-0.3, -0.25) is 4.79 Å². The maximum absolute atomic E-state index is 12.9. The molecule has 0 saturated carbocycles. The summed E-state index contributed by atoms with van der Waals surface area (Å²) < 4.78 is 16.5. The molecular weight excluding hydrogens is 346 g/mol. The lowest BCUT2D eigenvalue weighted by molar-refractivity contribution is -0.139. The van der Waals surface area contributed by atoms with Gasteiger partial charge in [0.25, 0.3) is 0 Å². The van der Waals surface area contributed by atoms with Crippen molar-refractivity contribution in [2.45, 2.75) is 19.3 Å². The molecule has 138 valence electrons. The number of hydrogen-bond acceptors (Lipinski definition) is 5. The molecular formula is C21H19NO5. The standard InChI is InChI=1S/C21H19NO5/c1-3-26-21(24)19-15(13-7-6-8-14(11-13)25-2)12-18(23)22-16-9-4-5-10-17(16)27-20(19)22/h4-11,15H,3,12H2,1-2H3/t15-/m1/s1. The second-order valence-corrected chi connectivity index (χ2v) is 6.27. The van der Waals surface area contributed by atoms with Crippen LogP contribution >= 0.6 is 0 Å². The van der Waals surface area contributed by atoms with Crippen molar-refractivity contribution in [2.24, 2.45) is 0 Å². The van der Waals surface area contributed by atoms with Crippen molar-refractivity contribution in [1.82, 2.24) is 0 Å². The van der Waals surface area contributed by atoms with Crippen LogP contribution in [0.15, 0.2) is 60.0 Å². The minimum atomic E-state index is -0.481. The van der Waals surface area contributed by atoms with Gasteiger partial charge in [0.1, 0.15) is 11.3 Å². The lowest BCUT2D eigenvalue weighted by atomic mass is 9.85. The van der Waals surface area contributed by atoms with Gasteiger partial charge in [-0.25, -0.2) is 9.69 Å². The van der Waals surface area contributed by atoms with Gasteiger partial charge in [0.2, 0.25) is 11.8 Å². The molecule has 0 aromatic heterocycles. The van der Waals surface area contributed by atoms with E-state index in [0.29, 0.717) is 22.8 Å². The number of ether oxygens (including phenoxy) is 3. The van der Waals surface area contributed by atoms with E-state index in [2.05, 4.69) is 0 Å². The Morgan fingerprint density at radius 1 is 1.22 bits per heavy atom. The van der Waals surface area contributed by atoms with Gasteiger partial charge in [0, 0.05) is 12.3 Å². The summed E-state index contributed by atoms with van der Waals surface area (Å²) >= 11 is 0. The van der Waals surface area contributed by atoms with Crippen LogP contribution in [0.4, 0.5) is 5.69 Å². The minimum Gasteiger partial charge on any atom is -0.497 e. The molecule has 0 fully saturated rings. The van der Waals surface area contributed by atoms with Crippen LogP contribution in [0.25, 0.3) is 0 Å². The fraction of sp³-hybridized carbons (Fsp3) is 0.238. The predicted molar refractivity (Wildman–Crippen MR) is 98.6 cm³/mol. The maximum Gasteiger partial charge on any atom is 0.340 e. The van der Waals surface area contributed by atoms with E-state index in [9.17, 15) is 9.59 Å². The number of esters is 1. The first-order chi connectivity index (χ1) is 13.1. The highest BCUT2D eigenvalue weighted by Gasteiger charge is 2.44. The molecule has 6 nitrogen and oxygen atoms in total. The summed E-state index contributed by atoms with van der Waals surface area (Å²) in [6, 6.07) is 14.6. The van der Waals surface area contributed by atoms with Crippen LogP contribution in [0.5, 0.6) is 11.5 Å². The fourth-order valence-corrected chi connectivity index (χ4v) is 3.51. The van der Waals surface area contributed by atoms with Crippen molar-refractivity contribution in [3.8, 4) is 11.5 Å². The Morgan fingerprint density at radius 3 is 2.81 bits per heavy atom. The van der Waals surface area contributed by atoms with Gasteiger partial charge in [-0.15, -0.1) is 0 Å². The summed E-state index contributed by atoms with van der Waals surface area (Å²) in [4.78, 5) is 27.2.